The molecule has 1 amide bonds. The van der Waals surface area contributed by atoms with E-state index in [1.165, 1.54) is 6.07 Å². The predicted molar refractivity (Wildman–Crippen MR) is 99.8 cm³/mol. The molecule has 1 N–H and O–H groups in total. The van der Waals surface area contributed by atoms with Gasteiger partial charge in [-0.15, -0.1) is 0 Å². The van der Waals surface area contributed by atoms with E-state index >= 15 is 0 Å². The summed E-state index contributed by atoms with van der Waals surface area (Å²) in [5, 5.41) is 2.82. The Hall–Kier alpha value is -2.89. The molecule has 0 radical (unpaired) electrons. The molecule has 6 nitrogen and oxygen atoms in total. The number of esters is 1. The molecule has 6 heteroatoms. The molecular weight excluding hydrogens is 332 g/mol. The van der Waals surface area contributed by atoms with Crippen LogP contribution in [0.15, 0.2) is 30.3 Å². The second kappa shape index (κ2) is 8.99. The number of hydrogen-bond donors (Lipinski definition) is 1. The molecule has 0 spiro atoms. The minimum Gasteiger partial charge on any atom is -0.491 e. The second-order valence-electron chi connectivity index (χ2n) is 5.85. The van der Waals surface area contributed by atoms with Crippen LogP contribution < -0.4 is 10.1 Å². The van der Waals surface area contributed by atoms with Gasteiger partial charge in [-0.25, -0.2) is 9.78 Å². The van der Waals surface area contributed by atoms with Crippen LogP contribution in [0.4, 0.5) is 5.69 Å². The standard InChI is InChI=1S/C20H24N2O4/c1-5-11-26-18-12-13(3)7-9-16(18)22-19(23)17-10-8-15(14(4)21-17)20(24)25-6-2/h7-10,12H,5-6,11H2,1-4H3,(H,22,23). The molecule has 0 unspecified atom stereocenters. The van der Waals surface area contributed by atoms with Crippen molar-refractivity contribution in [3.63, 3.8) is 0 Å². The third kappa shape index (κ3) is 4.81. The Morgan fingerprint density at radius 3 is 2.54 bits per heavy atom. The van der Waals surface area contributed by atoms with Crippen molar-refractivity contribution in [1.82, 2.24) is 4.98 Å². The lowest BCUT2D eigenvalue weighted by molar-refractivity contribution is 0.0524. The van der Waals surface area contributed by atoms with Gasteiger partial charge in [-0.2, -0.15) is 0 Å². The van der Waals surface area contributed by atoms with E-state index < -0.39 is 5.97 Å². The Labute approximate surface area is 153 Å². The highest BCUT2D eigenvalue weighted by Crippen LogP contribution is 2.26. The molecule has 0 aliphatic heterocycles. The van der Waals surface area contributed by atoms with Gasteiger partial charge in [-0.1, -0.05) is 13.0 Å². The summed E-state index contributed by atoms with van der Waals surface area (Å²) in [5.41, 5.74) is 2.65. The number of nitrogens with one attached hydrogen (secondary N) is 1. The van der Waals surface area contributed by atoms with E-state index in [9.17, 15) is 9.59 Å². The summed E-state index contributed by atoms with van der Waals surface area (Å²) in [5.74, 6) is -0.188. The minimum absolute atomic E-state index is 0.220. The van der Waals surface area contributed by atoms with E-state index in [-0.39, 0.29) is 18.2 Å². The van der Waals surface area contributed by atoms with Crippen molar-refractivity contribution in [2.45, 2.75) is 34.1 Å². The SMILES string of the molecule is CCCOc1cc(C)ccc1NC(=O)c1ccc(C(=O)OCC)c(C)n1. The van der Waals surface area contributed by atoms with Crippen LogP contribution in [0.5, 0.6) is 5.75 Å². The van der Waals surface area contributed by atoms with Gasteiger partial charge >= 0.3 is 5.97 Å². The van der Waals surface area contributed by atoms with Gasteiger partial charge < -0.3 is 14.8 Å². The lowest BCUT2D eigenvalue weighted by atomic mass is 10.1. The number of ether oxygens (including phenoxy) is 2. The van der Waals surface area contributed by atoms with E-state index in [1.807, 2.05) is 26.0 Å². The minimum atomic E-state index is -0.446. The molecule has 138 valence electrons. The zero-order valence-electron chi connectivity index (χ0n) is 15.6. The molecule has 0 saturated carbocycles. The smallest absolute Gasteiger partial charge is 0.339 e. The van der Waals surface area contributed by atoms with E-state index in [2.05, 4.69) is 10.3 Å². The lowest BCUT2D eigenvalue weighted by Crippen LogP contribution is -2.17. The van der Waals surface area contributed by atoms with Crippen LogP contribution in [-0.4, -0.2) is 30.1 Å². The van der Waals surface area contributed by atoms with Crippen LogP contribution >= 0.6 is 0 Å². The number of nitrogens with zero attached hydrogens (tertiary/aromatic N) is 1. The molecule has 0 aliphatic carbocycles. The molecule has 1 aromatic carbocycles. The molecule has 0 saturated heterocycles. The number of aryl methyl sites for hydroxylation is 2. The first kappa shape index (κ1) is 19.4. The Balaban J connectivity index is 2.20. The lowest BCUT2D eigenvalue weighted by Gasteiger charge is -2.13. The molecule has 0 fully saturated rings. The largest absolute Gasteiger partial charge is 0.491 e. The first-order chi connectivity index (χ1) is 12.5. The van der Waals surface area contributed by atoms with Gasteiger partial charge in [-0.05, 0) is 57.0 Å². The topological polar surface area (TPSA) is 77.5 Å². The quantitative estimate of drug-likeness (QED) is 0.761. The van der Waals surface area contributed by atoms with Gasteiger partial charge in [0.25, 0.3) is 5.91 Å². The van der Waals surface area contributed by atoms with Crippen molar-refractivity contribution >= 4 is 17.6 Å². The van der Waals surface area contributed by atoms with Gasteiger partial charge in [0.05, 0.1) is 30.2 Å². The average molecular weight is 356 g/mol. The first-order valence-corrected chi connectivity index (χ1v) is 8.65. The van der Waals surface area contributed by atoms with Crippen LogP contribution in [0.2, 0.25) is 0 Å². The Morgan fingerprint density at radius 1 is 1.12 bits per heavy atom. The number of carbonyl (C=O) groups is 2. The number of anilines is 1. The fraction of sp³-hybridized carbons (Fsp3) is 0.350. The summed E-state index contributed by atoms with van der Waals surface area (Å²) in [6.45, 7) is 8.24. The van der Waals surface area contributed by atoms with E-state index in [0.29, 0.717) is 29.3 Å². The molecule has 1 heterocycles. The van der Waals surface area contributed by atoms with Gasteiger partial charge in [-0.3, -0.25) is 4.79 Å². The highest BCUT2D eigenvalue weighted by atomic mass is 16.5. The van der Waals surface area contributed by atoms with Crippen molar-refractivity contribution in [2.24, 2.45) is 0 Å². The van der Waals surface area contributed by atoms with E-state index in [1.54, 1.807) is 26.0 Å². The summed E-state index contributed by atoms with van der Waals surface area (Å²) in [4.78, 5) is 28.6. The second-order valence-corrected chi connectivity index (χ2v) is 5.85. The number of aromatic nitrogens is 1. The number of pyridine rings is 1. The van der Waals surface area contributed by atoms with Gasteiger partial charge in [0, 0.05) is 0 Å². The molecule has 2 aromatic rings. The third-order valence-electron chi connectivity index (χ3n) is 3.66. The van der Waals surface area contributed by atoms with Crippen LogP contribution in [0, 0.1) is 13.8 Å². The Kier molecular flexibility index (Phi) is 6.72. The molecule has 0 aliphatic rings. The fourth-order valence-corrected chi connectivity index (χ4v) is 2.36. The predicted octanol–water partition coefficient (Wildman–Crippen LogP) is 3.92. The summed E-state index contributed by atoms with van der Waals surface area (Å²) >= 11 is 0. The number of carbonyl (C=O) groups excluding carboxylic acids is 2. The van der Waals surface area contributed by atoms with Crippen LogP contribution in [0.1, 0.15) is 52.4 Å². The Morgan fingerprint density at radius 2 is 1.88 bits per heavy atom. The van der Waals surface area contributed by atoms with E-state index in [4.69, 9.17) is 9.47 Å². The number of benzene rings is 1. The molecule has 0 atom stereocenters. The normalized spacial score (nSPS) is 10.3. The first-order valence-electron chi connectivity index (χ1n) is 8.65. The maximum absolute atomic E-state index is 12.5. The Bertz CT molecular complexity index is 802. The summed E-state index contributed by atoms with van der Waals surface area (Å²) in [6, 6.07) is 8.65. The molecule has 0 bridgehead atoms. The molecular formula is C20H24N2O4. The summed E-state index contributed by atoms with van der Waals surface area (Å²) in [6.07, 6.45) is 0.872. The van der Waals surface area contributed by atoms with Crippen LogP contribution in [0.25, 0.3) is 0 Å². The molecule has 1 aromatic heterocycles. The molecule has 2 rings (SSSR count). The number of rotatable bonds is 7. The average Bonchev–Trinajstić information content (AvgIpc) is 2.61. The monoisotopic (exact) mass is 356 g/mol. The van der Waals surface area contributed by atoms with Crippen molar-refractivity contribution in [3.05, 3.63) is 52.8 Å². The summed E-state index contributed by atoms with van der Waals surface area (Å²) < 4.78 is 10.7. The fourth-order valence-electron chi connectivity index (χ4n) is 2.36. The maximum Gasteiger partial charge on any atom is 0.339 e. The zero-order chi connectivity index (χ0) is 19.1. The zero-order valence-corrected chi connectivity index (χ0v) is 15.6. The number of hydrogen-bond acceptors (Lipinski definition) is 5. The van der Waals surface area contributed by atoms with Crippen molar-refractivity contribution in [1.29, 1.82) is 0 Å². The highest BCUT2D eigenvalue weighted by molar-refractivity contribution is 6.04. The van der Waals surface area contributed by atoms with Crippen molar-refractivity contribution in [2.75, 3.05) is 18.5 Å². The third-order valence-corrected chi connectivity index (χ3v) is 3.66. The van der Waals surface area contributed by atoms with Crippen molar-refractivity contribution in [3.8, 4) is 5.75 Å². The number of amides is 1. The van der Waals surface area contributed by atoms with Gasteiger partial charge in [0.2, 0.25) is 0 Å². The van der Waals surface area contributed by atoms with Gasteiger partial charge in [0.1, 0.15) is 11.4 Å². The summed E-state index contributed by atoms with van der Waals surface area (Å²) in [7, 11) is 0. The highest BCUT2D eigenvalue weighted by Gasteiger charge is 2.16. The van der Waals surface area contributed by atoms with Gasteiger partial charge in [0.15, 0.2) is 0 Å². The van der Waals surface area contributed by atoms with E-state index in [0.717, 1.165) is 12.0 Å². The molecule has 26 heavy (non-hydrogen) atoms. The maximum atomic E-state index is 12.5. The van der Waals surface area contributed by atoms with Crippen LogP contribution in [0.3, 0.4) is 0 Å². The van der Waals surface area contributed by atoms with Crippen LogP contribution in [-0.2, 0) is 4.74 Å². The van der Waals surface area contributed by atoms with Crippen molar-refractivity contribution < 1.29 is 19.1 Å².